The van der Waals surface area contributed by atoms with Crippen LogP contribution in [0.1, 0.15) is 50.0 Å². The molecule has 4 nitrogen and oxygen atoms in total. The number of thioether (sulfide) groups is 1. The van der Waals surface area contributed by atoms with Crippen LogP contribution in [0.5, 0.6) is 0 Å². The third-order valence-electron chi connectivity index (χ3n) is 4.24. The predicted octanol–water partition coefficient (Wildman–Crippen LogP) is 4.16. The molecule has 0 amide bonds. The van der Waals surface area contributed by atoms with Gasteiger partial charge in [0.25, 0.3) is 0 Å². The summed E-state index contributed by atoms with van der Waals surface area (Å²) in [5.74, 6) is 2.09. The molecule has 2 aromatic rings. The summed E-state index contributed by atoms with van der Waals surface area (Å²) in [6.07, 6.45) is 7.89. The number of pyridine rings is 1. The fourth-order valence-electron chi connectivity index (χ4n) is 3.19. The van der Waals surface area contributed by atoms with Gasteiger partial charge in [-0.25, -0.2) is 4.39 Å². The molecule has 2 atom stereocenters. The van der Waals surface area contributed by atoms with Crippen LogP contribution in [-0.2, 0) is 5.75 Å². The molecule has 3 rings (SSSR count). The Kier molecular flexibility index (Phi) is 4.76. The summed E-state index contributed by atoms with van der Waals surface area (Å²) < 4.78 is 15.5. The molecular weight excluding hydrogens is 299 g/mol. The Bertz CT molecular complexity index is 643. The van der Waals surface area contributed by atoms with Crippen LogP contribution in [0.3, 0.4) is 0 Å². The predicted molar refractivity (Wildman–Crippen MR) is 85.2 cm³/mol. The highest BCUT2D eigenvalue weighted by atomic mass is 32.2. The number of aromatic nitrogens is 4. The maximum absolute atomic E-state index is 13.2. The molecule has 1 fully saturated rings. The van der Waals surface area contributed by atoms with E-state index in [0.29, 0.717) is 11.8 Å². The van der Waals surface area contributed by atoms with Gasteiger partial charge in [0, 0.05) is 18.0 Å². The Morgan fingerprint density at radius 1 is 1.32 bits per heavy atom. The van der Waals surface area contributed by atoms with E-state index in [4.69, 9.17) is 0 Å². The molecule has 6 heteroatoms. The fraction of sp³-hybridized carbons (Fsp3) is 0.562. The number of hydrogen-bond acceptors (Lipinski definition) is 4. The van der Waals surface area contributed by atoms with Gasteiger partial charge in [-0.15, -0.1) is 10.2 Å². The monoisotopic (exact) mass is 320 g/mol. The molecule has 0 N–H and O–H groups in total. The van der Waals surface area contributed by atoms with Crippen molar-refractivity contribution in [1.29, 1.82) is 0 Å². The van der Waals surface area contributed by atoms with Crippen LogP contribution >= 0.6 is 11.8 Å². The maximum atomic E-state index is 13.2. The van der Waals surface area contributed by atoms with Gasteiger partial charge in [-0.2, -0.15) is 0 Å². The van der Waals surface area contributed by atoms with Crippen molar-refractivity contribution in [3.63, 3.8) is 0 Å². The Morgan fingerprint density at radius 3 is 2.95 bits per heavy atom. The van der Waals surface area contributed by atoms with E-state index >= 15 is 0 Å². The molecule has 0 unspecified atom stereocenters. The van der Waals surface area contributed by atoms with Crippen molar-refractivity contribution in [2.24, 2.45) is 5.92 Å². The smallest absolute Gasteiger partial charge is 0.191 e. The molecule has 118 valence electrons. The van der Waals surface area contributed by atoms with Crippen LogP contribution < -0.4 is 0 Å². The first kappa shape index (κ1) is 15.5. The first-order valence-corrected chi connectivity index (χ1v) is 8.76. The lowest BCUT2D eigenvalue weighted by Gasteiger charge is -2.29. The molecule has 2 heterocycles. The van der Waals surface area contributed by atoms with Crippen LogP contribution in [0.15, 0.2) is 23.6 Å². The molecule has 0 aliphatic heterocycles. The van der Waals surface area contributed by atoms with Gasteiger partial charge in [0.2, 0.25) is 0 Å². The van der Waals surface area contributed by atoms with E-state index in [1.54, 1.807) is 18.0 Å². The highest BCUT2D eigenvalue weighted by Gasteiger charge is 2.24. The quantitative estimate of drug-likeness (QED) is 0.793. The van der Waals surface area contributed by atoms with Crippen molar-refractivity contribution < 1.29 is 4.39 Å². The second-order valence-electron chi connectivity index (χ2n) is 6.13. The van der Waals surface area contributed by atoms with E-state index in [1.807, 2.05) is 6.92 Å². The van der Waals surface area contributed by atoms with Crippen LogP contribution in [0, 0.1) is 18.7 Å². The van der Waals surface area contributed by atoms with Gasteiger partial charge in [0.05, 0.1) is 6.20 Å². The Labute approximate surface area is 134 Å². The van der Waals surface area contributed by atoms with Crippen LogP contribution in [0.4, 0.5) is 4.39 Å². The summed E-state index contributed by atoms with van der Waals surface area (Å²) in [4.78, 5) is 3.89. The van der Waals surface area contributed by atoms with Crippen molar-refractivity contribution in [1.82, 2.24) is 19.7 Å². The number of rotatable bonds is 4. The Hall–Kier alpha value is -1.43. The van der Waals surface area contributed by atoms with Gasteiger partial charge >= 0.3 is 0 Å². The lowest BCUT2D eigenvalue weighted by Crippen LogP contribution is -2.19. The van der Waals surface area contributed by atoms with E-state index < -0.39 is 0 Å². The fourth-order valence-corrected chi connectivity index (χ4v) is 4.16. The number of halogens is 1. The molecule has 1 aliphatic rings. The highest BCUT2D eigenvalue weighted by Crippen LogP contribution is 2.35. The molecule has 2 aromatic heterocycles. The molecule has 1 saturated carbocycles. The number of nitrogens with zero attached hydrogens (tertiary/aromatic N) is 4. The minimum atomic E-state index is -0.295. The standard InChI is InChI=1S/C16H21FN4S/c1-11-4-3-5-15(6-11)21-12(2)19-20-16(21)22-10-13-7-14(17)9-18-8-13/h7-9,11,15H,3-6,10H2,1-2H3/t11-,15-/m1/s1. The van der Waals surface area contributed by atoms with Crippen molar-refractivity contribution in [3.05, 3.63) is 35.7 Å². The van der Waals surface area contributed by atoms with Gasteiger partial charge in [-0.3, -0.25) is 4.98 Å². The Balaban J connectivity index is 1.74. The van der Waals surface area contributed by atoms with Crippen LogP contribution in [0.2, 0.25) is 0 Å². The summed E-state index contributed by atoms with van der Waals surface area (Å²) in [5.41, 5.74) is 0.870. The zero-order chi connectivity index (χ0) is 15.5. The van der Waals surface area contributed by atoms with Crippen molar-refractivity contribution >= 4 is 11.8 Å². The highest BCUT2D eigenvalue weighted by molar-refractivity contribution is 7.98. The van der Waals surface area contributed by atoms with E-state index in [9.17, 15) is 4.39 Å². The third-order valence-corrected chi connectivity index (χ3v) is 5.25. The van der Waals surface area contributed by atoms with Gasteiger partial charge in [0.15, 0.2) is 5.16 Å². The zero-order valence-electron chi connectivity index (χ0n) is 13.0. The summed E-state index contributed by atoms with van der Waals surface area (Å²) in [6, 6.07) is 2.02. The first-order chi connectivity index (χ1) is 10.6. The summed E-state index contributed by atoms with van der Waals surface area (Å²) in [5, 5.41) is 9.50. The van der Waals surface area contributed by atoms with E-state index in [0.717, 1.165) is 22.5 Å². The lowest BCUT2D eigenvalue weighted by molar-refractivity contribution is 0.268. The zero-order valence-corrected chi connectivity index (χ0v) is 13.8. The van der Waals surface area contributed by atoms with Gasteiger partial charge < -0.3 is 4.57 Å². The molecule has 1 aliphatic carbocycles. The summed E-state index contributed by atoms with van der Waals surface area (Å²) in [7, 11) is 0. The van der Waals surface area contributed by atoms with E-state index in [1.165, 1.54) is 37.9 Å². The van der Waals surface area contributed by atoms with Gasteiger partial charge in [-0.05, 0) is 37.3 Å². The minimum absolute atomic E-state index is 0.295. The maximum Gasteiger partial charge on any atom is 0.191 e. The molecule has 0 radical (unpaired) electrons. The van der Waals surface area contributed by atoms with Crippen molar-refractivity contribution in [2.45, 2.75) is 56.5 Å². The molecule has 22 heavy (non-hydrogen) atoms. The van der Waals surface area contributed by atoms with Crippen molar-refractivity contribution in [2.75, 3.05) is 0 Å². The minimum Gasteiger partial charge on any atom is -0.303 e. The lowest BCUT2D eigenvalue weighted by atomic mass is 9.87. The summed E-state index contributed by atoms with van der Waals surface area (Å²) in [6.45, 7) is 4.33. The van der Waals surface area contributed by atoms with E-state index in [2.05, 4.69) is 26.7 Å². The third kappa shape index (κ3) is 3.48. The van der Waals surface area contributed by atoms with Crippen LogP contribution in [0.25, 0.3) is 0 Å². The second kappa shape index (κ2) is 6.77. The van der Waals surface area contributed by atoms with Gasteiger partial charge in [0.1, 0.15) is 11.6 Å². The Morgan fingerprint density at radius 2 is 2.18 bits per heavy atom. The number of hydrogen-bond donors (Lipinski definition) is 0. The molecule has 0 aromatic carbocycles. The molecule has 0 spiro atoms. The van der Waals surface area contributed by atoms with E-state index in [-0.39, 0.29) is 5.82 Å². The topological polar surface area (TPSA) is 43.6 Å². The SMILES string of the molecule is Cc1nnc(SCc2cncc(F)c2)n1[C@@H]1CCC[C@@H](C)C1. The average molecular weight is 320 g/mol. The van der Waals surface area contributed by atoms with Crippen LogP contribution in [-0.4, -0.2) is 19.7 Å². The molecular formula is C16H21FN4S. The number of aryl methyl sites for hydroxylation is 1. The second-order valence-corrected chi connectivity index (χ2v) is 7.07. The molecule has 0 bridgehead atoms. The average Bonchev–Trinajstić information content (AvgIpc) is 2.86. The van der Waals surface area contributed by atoms with Gasteiger partial charge in [-0.1, -0.05) is 31.5 Å². The summed E-state index contributed by atoms with van der Waals surface area (Å²) >= 11 is 1.61. The largest absolute Gasteiger partial charge is 0.303 e. The normalized spacial score (nSPS) is 22.0. The molecule has 0 saturated heterocycles. The first-order valence-electron chi connectivity index (χ1n) is 7.77. The van der Waals surface area contributed by atoms with Crippen molar-refractivity contribution in [3.8, 4) is 0 Å².